The molecule has 3 aromatic rings. The molecule has 0 saturated carbocycles. The molecule has 1 heterocycles. The van der Waals surface area contributed by atoms with Gasteiger partial charge in [0.15, 0.2) is 0 Å². The van der Waals surface area contributed by atoms with Crippen molar-refractivity contribution in [1.82, 2.24) is 9.97 Å². The molecule has 0 aliphatic rings. The van der Waals surface area contributed by atoms with E-state index in [0.29, 0.717) is 17.8 Å². The van der Waals surface area contributed by atoms with Gasteiger partial charge in [0, 0.05) is 4.47 Å². The summed E-state index contributed by atoms with van der Waals surface area (Å²) in [6.07, 6.45) is 0.676. The first-order chi connectivity index (χ1) is 9.61. The van der Waals surface area contributed by atoms with Crippen LogP contribution in [0.1, 0.15) is 17.4 Å². The van der Waals surface area contributed by atoms with Crippen LogP contribution >= 0.6 is 40.7 Å². The van der Waals surface area contributed by atoms with Gasteiger partial charge >= 0.3 is 0 Å². The first kappa shape index (κ1) is 18.9. The number of imidazole rings is 1. The normalized spacial score (nSPS) is 11.6. The molecular formula is C15H15BrCl2FN3. The number of nitrogens with one attached hydrogen (secondary N) is 1. The third-order valence-corrected chi connectivity index (χ3v) is 3.71. The second-order valence-corrected chi connectivity index (χ2v) is 5.64. The van der Waals surface area contributed by atoms with Gasteiger partial charge in [-0.1, -0.05) is 28.1 Å². The number of aromatic amines is 1. The van der Waals surface area contributed by atoms with Crippen molar-refractivity contribution >= 4 is 51.8 Å². The van der Waals surface area contributed by atoms with Crippen LogP contribution < -0.4 is 5.73 Å². The number of rotatable bonds is 3. The Balaban J connectivity index is 0.00000121. The number of halogens is 4. The van der Waals surface area contributed by atoms with Crippen molar-refractivity contribution in [3.05, 3.63) is 64.1 Å². The van der Waals surface area contributed by atoms with Gasteiger partial charge in [-0.3, -0.25) is 0 Å². The molecule has 7 heteroatoms. The van der Waals surface area contributed by atoms with E-state index in [1.54, 1.807) is 6.07 Å². The average molecular weight is 407 g/mol. The van der Waals surface area contributed by atoms with Crippen LogP contribution in [0, 0.1) is 5.82 Å². The lowest BCUT2D eigenvalue weighted by molar-refractivity contribution is 0.629. The van der Waals surface area contributed by atoms with E-state index in [2.05, 4.69) is 25.9 Å². The highest BCUT2D eigenvalue weighted by atomic mass is 79.9. The van der Waals surface area contributed by atoms with Gasteiger partial charge in [0.25, 0.3) is 0 Å². The maximum absolute atomic E-state index is 13.1. The van der Waals surface area contributed by atoms with Crippen LogP contribution in [0.4, 0.5) is 4.39 Å². The van der Waals surface area contributed by atoms with Crippen LogP contribution in [0.3, 0.4) is 0 Å². The first-order valence-electron chi connectivity index (χ1n) is 6.27. The van der Waals surface area contributed by atoms with E-state index in [4.69, 9.17) is 5.73 Å². The number of benzene rings is 2. The number of nitrogens with zero attached hydrogens (tertiary/aromatic N) is 1. The topological polar surface area (TPSA) is 54.7 Å². The lowest BCUT2D eigenvalue weighted by Crippen LogP contribution is -2.14. The quantitative estimate of drug-likeness (QED) is 0.670. The average Bonchev–Trinajstić information content (AvgIpc) is 2.84. The Labute approximate surface area is 148 Å². The lowest BCUT2D eigenvalue weighted by Gasteiger charge is -2.08. The van der Waals surface area contributed by atoms with E-state index in [1.165, 1.54) is 12.1 Å². The third kappa shape index (κ3) is 4.20. The smallest absolute Gasteiger partial charge is 0.125 e. The van der Waals surface area contributed by atoms with Gasteiger partial charge in [0.2, 0.25) is 0 Å². The molecule has 3 rings (SSSR count). The lowest BCUT2D eigenvalue weighted by atomic mass is 10.1. The van der Waals surface area contributed by atoms with Crippen LogP contribution in [0.2, 0.25) is 0 Å². The van der Waals surface area contributed by atoms with Gasteiger partial charge in [-0.05, 0) is 42.3 Å². The van der Waals surface area contributed by atoms with Crippen molar-refractivity contribution in [2.24, 2.45) is 5.73 Å². The van der Waals surface area contributed by atoms with Crippen molar-refractivity contribution in [2.75, 3.05) is 0 Å². The third-order valence-electron chi connectivity index (χ3n) is 3.18. The number of H-pyrrole nitrogens is 1. The Morgan fingerprint density at radius 1 is 1.14 bits per heavy atom. The molecule has 1 atom stereocenters. The Morgan fingerprint density at radius 2 is 1.82 bits per heavy atom. The van der Waals surface area contributed by atoms with Crippen LogP contribution in [0.15, 0.2) is 46.9 Å². The molecular weight excluding hydrogens is 392 g/mol. The van der Waals surface area contributed by atoms with Gasteiger partial charge in [-0.15, -0.1) is 24.8 Å². The zero-order valence-corrected chi connectivity index (χ0v) is 14.6. The summed E-state index contributed by atoms with van der Waals surface area (Å²) in [5.41, 5.74) is 8.70. The molecule has 0 aliphatic carbocycles. The SMILES string of the molecule is Cl.Cl.N[C@H](Cc1ccc(Br)cc1)c1nc2ccc(F)cc2[nH]1. The fourth-order valence-corrected chi connectivity index (χ4v) is 2.41. The second-order valence-electron chi connectivity index (χ2n) is 4.72. The zero-order chi connectivity index (χ0) is 14.1. The Hall–Kier alpha value is -1.14. The first-order valence-corrected chi connectivity index (χ1v) is 7.06. The standard InChI is InChI=1S/C15H13BrFN3.2ClH/c16-10-3-1-9(2-4-10)7-12(18)15-19-13-6-5-11(17)8-14(13)20-15;;/h1-6,8,12H,7,18H2,(H,19,20);2*1H/t12-;;/m1../s1. The highest BCUT2D eigenvalue weighted by Gasteiger charge is 2.12. The zero-order valence-electron chi connectivity index (χ0n) is 11.4. The summed E-state index contributed by atoms with van der Waals surface area (Å²) in [4.78, 5) is 7.49. The molecule has 0 saturated heterocycles. The van der Waals surface area contributed by atoms with Crippen molar-refractivity contribution in [2.45, 2.75) is 12.5 Å². The number of hydrogen-bond donors (Lipinski definition) is 2. The minimum absolute atomic E-state index is 0. The Kier molecular flexibility index (Phi) is 6.81. The molecule has 0 spiro atoms. The van der Waals surface area contributed by atoms with Crippen LogP contribution in [-0.2, 0) is 6.42 Å². The van der Waals surface area contributed by atoms with E-state index in [-0.39, 0.29) is 36.7 Å². The molecule has 2 aromatic carbocycles. The number of aromatic nitrogens is 2. The summed E-state index contributed by atoms with van der Waals surface area (Å²) >= 11 is 3.40. The Morgan fingerprint density at radius 3 is 2.50 bits per heavy atom. The highest BCUT2D eigenvalue weighted by molar-refractivity contribution is 9.10. The van der Waals surface area contributed by atoms with E-state index in [1.807, 2.05) is 24.3 Å². The molecule has 22 heavy (non-hydrogen) atoms. The molecule has 1 aromatic heterocycles. The summed E-state index contributed by atoms with van der Waals surface area (Å²) in [6.45, 7) is 0. The van der Waals surface area contributed by atoms with Crippen LogP contribution in [-0.4, -0.2) is 9.97 Å². The van der Waals surface area contributed by atoms with Crippen LogP contribution in [0.5, 0.6) is 0 Å². The summed E-state index contributed by atoms with van der Waals surface area (Å²) in [7, 11) is 0. The molecule has 0 fully saturated rings. The summed E-state index contributed by atoms with van der Waals surface area (Å²) < 4.78 is 14.2. The Bertz CT molecular complexity index is 746. The summed E-state index contributed by atoms with van der Waals surface area (Å²) in [6, 6.07) is 12.2. The maximum atomic E-state index is 13.1. The van der Waals surface area contributed by atoms with E-state index >= 15 is 0 Å². The fraction of sp³-hybridized carbons (Fsp3) is 0.133. The molecule has 0 amide bonds. The monoisotopic (exact) mass is 405 g/mol. The number of hydrogen-bond acceptors (Lipinski definition) is 2. The number of nitrogens with two attached hydrogens (primary N) is 1. The summed E-state index contributed by atoms with van der Waals surface area (Å²) in [5.74, 6) is 0.391. The molecule has 0 radical (unpaired) electrons. The van der Waals surface area contributed by atoms with E-state index in [0.717, 1.165) is 15.6 Å². The molecule has 3 N–H and O–H groups in total. The van der Waals surface area contributed by atoms with E-state index in [9.17, 15) is 4.39 Å². The highest BCUT2D eigenvalue weighted by Crippen LogP contribution is 2.19. The predicted molar refractivity (Wildman–Crippen MR) is 95.3 cm³/mol. The van der Waals surface area contributed by atoms with E-state index < -0.39 is 0 Å². The maximum Gasteiger partial charge on any atom is 0.125 e. The molecule has 0 unspecified atom stereocenters. The minimum Gasteiger partial charge on any atom is -0.341 e. The second kappa shape index (κ2) is 7.92. The summed E-state index contributed by atoms with van der Waals surface area (Å²) in [5, 5.41) is 0. The van der Waals surface area contributed by atoms with Crippen LogP contribution in [0.25, 0.3) is 11.0 Å². The molecule has 0 bridgehead atoms. The van der Waals surface area contributed by atoms with Gasteiger partial charge in [-0.25, -0.2) is 9.37 Å². The molecule has 0 aliphatic heterocycles. The molecule has 3 nitrogen and oxygen atoms in total. The van der Waals surface area contributed by atoms with Crippen molar-refractivity contribution in [1.29, 1.82) is 0 Å². The minimum atomic E-state index is -0.283. The van der Waals surface area contributed by atoms with Gasteiger partial charge in [0.1, 0.15) is 11.6 Å². The van der Waals surface area contributed by atoms with Crippen molar-refractivity contribution < 1.29 is 4.39 Å². The van der Waals surface area contributed by atoms with Crippen molar-refractivity contribution in [3.8, 4) is 0 Å². The van der Waals surface area contributed by atoms with Gasteiger partial charge < -0.3 is 10.7 Å². The fourth-order valence-electron chi connectivity index (χ4n) is 2.15. The largest absolute Gasteiger partial charge is 0.341 e. The van der Waals surface area contributed by atoms with Gasteiger partial charge in [0.05, 0.1) is 17.1 Å². The number of fused-ring (bicyclic) bond motifs is 1. The van der Waals surface area contributed by atoms with Crippen molar-refractivity contribution in [3.63, 3.8) is 0 Å². The van der Waals surface area contributed by atoms with Gasteiger partial charge in [-0.2, -0.15) is 0 Å². The predicted octanol–water partition coefficient (Wildman–Crippen LogP) is 4.55. The molecule has 118 valence electrons.